The lowest BCUT2D eigenvalue weighted by molar-refractivity contribution is 0.192. The summed E-state index contributed by atoms with van der Waals surface area (Å²) >= 11 is 0. The number of hydrogen-bond acceptors (Lipinski definition) is 3. The number of rotatable bonds is 4. The number of nitrogens with zero attached hydrogens (tertiary/aromatic N) is 3. The van der Waals surface area contributed by atoms with Gasteiger partial charge >= 0.3 is 0 Å². The van der Waals surface area contributed by atoms with Crippen molar-refractivity contribution in [2.24, 2.45) is 7.05 Å². The molecule has 0 radical (unpaired) electrons. The number of aromatic nitrogens is 2. The van der Waals surface area contributed by atoms with Crippen molar-refractivity contribution in [2.45, 2.75) is 45.2 Å². The van der Waals surface area contributed by atoms with E-state index in [0.29, 0.717) is 6.04 Å². The largest absolute Gasteiger partial charge is 0.497 e. The van der Waals surface area contributed by atoms with Crippen LogP contribution in [0.2, 0.25) is 0 Å². The Kier molecular flexibility index (Phi) is 5.01. The molecule has 0 N–H and O–H groups in total. The quantitative estimate of drug-likeness (QED) is 0.859. The second kappa shape index (κ2) is 7.18. The molecule has 1 saturated heterocycles. The molecule has 1 aromatic heterocycles. The lowest BCUT2D eigenvalue weighted by Crippen LogP contribution is -2.28. The lowest BCUT2D eigenvalue weighted by atomic mass is 10.00. The molecule has 0 amide bonds. The summed E-state index contributed by atoms with van der Waals surface area (Å²) in [6.07, 6.45) is 7.30. The topological polar surface area (TPSA) is 30.3 Å². The molecule has 0 bridgehead atoms. The van der Waals surface area contributed by atoms with Gasteiger partial charge in [-0.3, -0.25) is 9.58 Å². The maximum absolute atomic E-state index is 5.30. The van der Waals surface area contributed by atoms with Gasteiger partial charge < -0.3 is 4.74 Å². The predicted octanol–water partition coefficient (Wildman–Crippen LogP) is 3.85. The summed E-state index contributed by atoms with van der Waals surface area (Å²) in [5.41, 5.74) is 3.88. The van der Waals surface area contributed by atoms with Gasteiger partial charge in [0.2, 0.25) is 0 Å². The molecule has 1 fully saturated rings. The third-order valence-electron chi connectivity index (χ3n) is 4.85. The second-order valence-electron chi connectivity index (χ2n) is 6.52. The van der Waals surface area contributed by atoms with E-state index in [1.165, 1.54) is 36.8 Å². The van der Waals surface area contributed by atoms with Crippen LogP contribution in [0.4, 0.5) is 0 Å². The summed E-state index contributed by atoms with van der Waals surface area (Å²) in [6, 6.07) is 9.08. The van der Waals surface area contributed by atoms with Gasteiger partial charge in [0.25, 0.3) is 0 Å². The van der Waals surface area contributed by atoms with Gasteiger partial charge in [0, 0.05) is 31.4 Å². The van der Waals surface area contributed by atoms with Crippen LogP contribution in [0.1, 0.15) is 48.5 Å². The number of benzene rings is 1. The predicted molar refractivity (Wildman–Crippen MR) is 92.6 cm³/mol. The van der Waals surface area contributed by atoms with Crippen molar-refractivity contribution >= 4 is 0 Å². The van der Waals surface area contributed by atoms with Gasteiger partial charge in [-0.05, 0) is 44.0 Å². The molecule has 2 aromatic rings. The van der Waals surface area contributed by atoms with Crippen molar-refractivity contribution in [3.63, 3.8) is 0 Å². The molecular formula is C19H27N3O. The SMILES string of the molecule is COc1ccc([C@@H]2CCCCCN2Cc2cn(C)nc2C)cc1. The van der Waals surface area contributed by atoms with Crippen LogP contribution in [0.3, 0.4) is 0 Å². The molecule has 1 aliphatic rings. The van der Waals surface area contributed by atoms with Crippen LogP contribution in [0.15, 0.2) is 30.5 Å². The number of ether oxygens (including phenoxy) is 1. The Labute approximate surface area is 139 Å². The minimum Gasteiger partial charge on any atom is -0.497 e. The van der Waals surface area contributed by atoms with E-state index in [0.717, 1.165) is 24.5 Å². The van der Waals surface area contributed by atoms with Crippen LogP contribution in [0, 0.1) is 6.92 Å². The molecule has 1 atom stereocenters. The number of hydrogen-bond donors (Lipinski definition) is 0. The van der Waals surface area contributed by atoms with E-state index >= 15 is 0 Å². The fourth-order valence-electron chi connectivity index (χ4n) is 3.58. The van der Waals surface area contributed by atoms with E-state index in [9.17, 15) is 0 Å². The summed E-state index contributed by atoms with van der Waals surface area (Å²) in [5.74, 6) is 0.928. The number of likely N-dealkylation sites (tertiary alicyclic amines) is 1. The highest BCUT2D eigenvalue weighted by molar-refractivity contribution is 5.29. The summed E-state index contributed by atoms with van der Waals surface area (Å²) in [5, 5.41) is 4.49. The third-order valence-corrected chi connectivity index (χ3v) is 4.85. The Bertz CT molecular complexity index is 633. The summed E-state index contributed by atoms with van der Waals surface area (Å²) in [7, 11) is 3.72. The Hall–Kier alpha value is -1.81. The molecule has 3 rings (SSSR count). The molecular weight excluding hydrogens is 286 g/mol. The van der Waals surface area contributed by atoms with E-state index in [1.807, 2.05) is 11.7 Å². The fourth-order valence-corrected chi connectivity index (χ4v) is 3.58. The Morgan fingerprint density at radius 2 is 1.96 bits per heavy atom. The Morgan fingerprint density at radius 3 is 2.61 bits per heavy atom. The monoisotopic (exact) mass is 313 g/mol. The molecule has 0 saturated carbocycles. The van der Waals surface area contributed by atoms with E-state index < -0.39 is 0 Å². The van der Waals surface area contributed by atoms with Gasteiger partial charge in [-0.15, -0.1) is 0 Å². The van der Waals surface area contributed by atoms with Crippen LogP contribution in [-0.2, 0) is 13.6 Å². The smallest absolute Gasteiger partial charge is 0.118 e. The van der Waals surface area contributed by atoms with Crippen molar-refractivity contribution in [1.82, 2.24) is 14.7 Å². The van der Waals surface area contributed by atoms with Crippen LogP contribution < -0.4 is 4.74 Å². The average Bonchev–Trinajstić information content (AvgIpc) is 2.75. The van der Waals surface area contributed by atoms with E-state index in [4.69, 9.17) is 4.74 Å². The zero-order valence-corrected chi connectivity index (χ0v) is 14.5. The minimum absolute atomic E-state index is 0.489. The first-order chi connectivity index (χ1) is 11.2. The van der Waals surface area contributed by atoms with Gasteiger partial charge in [0.15, 0.2) is 0 Å². The van der Waals surface area contributed by atoms with Gasteiger partial charge in [0.05, 0.1) is 12.8 Å². The molecule has 23 heavy (non-hydrogen) atoms. The molecule has 1 aromatic carbocycles. The molecule has 4 heteroatoms. The Morgan fingerprint density at radius 1 is 1.17 bits per heavy atom. The maximum atomic E-state index is 5.30. The van der Waals surface area contributed by atoms with Crippen LogP contribution in [0.5, 0.6) is 5.75 Å². The van der Waals surface area contributed by atoms with E-state index in [2.05, 4.69) is 47.4 Å². The zero-order chi connectivity index (χ0) is 16.2. The first-order valence-corrected chi connectivity index (χ1v) is 8.54. The highest BCUT2D eigenvalue weighted by atomic mass is 16.5. The highest BCUT2D eigenvalue weighted by Crippen LogP contribution is 2.32. The normalized spacial score (nSPS) is 19.5. The van der Waals surface area contributed by atoms with Crippen LogP contribution in [0.25, 0.3) is 0 Å². The minimum atomic E-state index is 0.489. The molecule has 0 unspecified atom stereocenters. The summed E-state index contributed by atoms with van der Waals surface area (Å²) in [4.78, 5) is 2.62. The second-order valence-corrected chi connectivity index (χ2v) is 6.52. The molecule has 4 nitrogen and oxygen atoms in total. The molecule has 124 valence electrons. The molecule has 1 aliphatic heterocycles. The Balaban J connectivity index is 1.83. The number of aryl methyl sites for hydroxylation is 2. The van der Waals surface area contributed by atoms with Crippen molar-refractivity contribution in [1.29, 1.82) is 0 Å². The summed E-state index contributed by atoms with van der Waals surface area (Å²) < 4.78 is 7.22. The average molecular weight is 313 g/mol. The van der Waals surface area contributed by atoms with Gasteiger partial charge in [-0.25, -0.2) is 0 Å². The van der Waals surface area contributed by atoms with Crippen LogP contribution in [-0.4, -0.2) is 28.3 Å². The first-order valence-electron chi connectivity index (χ1n) is 8.54. The van der Waals surface area contributed by atoms with E-state index in [-0.39, 0.29) is 0 Å². The fraction of sp³-hybridized carbons (Fsp3) is 0.526. The van der Waals surface area contributed by atoms with Crippen molar-refractivity contribution < 1.29 is 4.74 Å². The van der Waals surface area contributed by atoms with Gasteiger partial charge in [-0.1, -0.05) is 25.0 Å². The molecule has 2 heterocycles. The standard InChI is InChI=1S/C19H27N3O/c1-15-17(13-21(2)20-15)14-22-12-6-4-5-7-19(22)16-8-10-18(23-3)11-9-16/h8-11,13,19H,4-7,12,14H2,1-3H3/t19-/m0/s1. The van der Waals surface area contributed by atoms with Gasteiger partial charge in [-0.2, -0.15) is 5.10 Å². The van der Waals surface area contributed by atoms with E-state index in [1.54, 1.807) is 7.11 Å². The third kappa shape index (κ3) is 3.75. The maximum Gasteiger partial charge on any atom is 0.118 e. The van der Waals surface area contributed by atoms with Crippen LogP contribution >= 0.6 is 0 Å². The van der Waals surface area contributed by atoms with Crippen molar-refractivity contribution in [2.75, 3.05) is 13.7 Å². The van der Waals surface area contributed by atoms with Crippen molar-refractivity contribution in [3.05, 3.63) is 47.3 Å². The molecule has 0 aliphatic carbocycles. The van der Waals surface area contributed by atoms with Crippen molar-refractivity contribution in [3.8, 4) is 5.75 Å². The highest BCUT2D eigenvalue weighted by Gasteiger charge is 2.23. The first kappa shape index (κ1) is 16.1. The number of methoxy groups -OCH3 is 1. The zero-order valence-electron chi connectivity index (χ0n) is 14.5. The summed E-state index contributed by atoms with van der Waals surface area (Å²) in [6.45, 7) is 4.25. The van der Waals surface area contributed by atoms with Gasteiger partial charge in [0.1, 0.15) is 5.75 Å². The lowest BCUT2D eigenvalue weighted by Gasteiger charge is -2.30. The molecule has 0 spiro atoms.